The van der Waals surface area contributed by atoms with Gasteiger partial charge in [0.1, 0.15) is 11.5 Å². The second-order valence-electron chi connectivity index (χ2n) is 7.26. The Labute approximate surface area is 183 Å². The van der Waals surface area contributed by atoms with E-state index in [1.165, 1.54) is 0 Å². The Balaban J connectivity index is 1.56. The zero-order valence-electron chi connectivity index (χ0n) is 16.3. The van der Waals surface area contributed by atoms with Crippen molar-refractivity contribution in [3.05, 3.63) is 94.0 Å². The maximum atomic E-state index is 13.3. The van der Waals surface area contributed by atoms with Crippen molar-refractivity contribution in [2.45, 2.75) is 18.7 Å². The summed E-state index contributed by atoms with van der Waals surface area (Å²) in [7, 11) is 1.65. The number of fused-ring (bicyclic) bond motifs is 3. The number of halogens is 1. The zero-order chi connectivity index (χ0) is 20.7. The highest BCUT2D eigenvalue weighted by Crippen LogP contribution is 2.44. The molecule has 0 bridgehead atoms. The Morgan fingerprint density at radius 1 is 1.10 bits per heavy atom. The highest BCUT2D eigenvalue weighted by Gasteiger charge is 2.43. The fraction of sp³-hybridized carbons (Fsp3) is 0.167. The molecule has 6 heteroatoms. The van der Waals surface area contributed by atoms with Gasteiger partial charge in [0, 0.05) is 22.0 Å². The standard InChI is InChI=1S/C24H19BrN2O3/c1-29-18-10-7-15(8-11-18)20-14-21-19-13-17(25)9-12-22(19)30-24(27(21)26-20)23(28)16-5-3-2-4-6-16/h2-13,21,24H,14H2,1H3/t21-,24+/m1/s1. The molecule has 0 amide bonds. The average Bonchev–Trinajstić information content (AvgIpc) is 3.24. The van der Waals surface area contributed by atoms with Crippen LogP contribution in [0.4, 0.5) is 0 Å². The van der Waals surface area contributed by atoms with Crippen molar-refractivity contribution in [3.63, 3.8) is 0 Å². The van der Waals surface area contributed by atoms with Crippen molar-refractivity contribution >= 4 is 27.4 Å². The number of rotatable bonds is 4. The summed E-state index contributed by atoms with van der Waals surface area (Å²) < 4.78 is 12.4. The van der Waals surface area contributed by atoms with Gasteiger partial charge in [0.05, 0.1) is 18.9 Å². The molecule has 0 unspecified atom stereocenters. The van der Waals surface area contributed by atoms with Gasteiger partial charge in [-0.2, -0.15) is 5.10 Å². The molecule has 2 aliphatic rings. The van der Waals surface area contributed by atoms with Gasteiger partial charge in [-0.15, -0.1) is 0 Å². The largest absolute Gasteiger partial charge is 0.497 e. The molecule has 2 aliphatic heterocycles. The van der Waals surface area contributed by atoms with Crippen molar-refractivity contribution in [1.82, 2.24) is 5.01 Å². The molecule has 0 saturated carbocycles. The van der Waals surface area contributed by atoms with Crippen molar-refractivity contribution in [2.75, 3.05) is 7.11 Å². The lowest BCUT2D eigenvalue weighted by molar-refractivity contribution is -0.00459. The normalized spacial score (nSPS) is 19.4. The van der Waals surface area contributed by atoms with Crippen LogP contribution in [0.1, 0.15) is 33.9 Å². The summed E-state index contributed by atoms with van der Waals surface area (Å²) in [6.07, 6.45) is -0.112. The molecule has 3 aromatic carbocycles. The van der Waals surface area contributed by atoms with E-state index in [0.29, 0.717) is 12.0 Å². The summed E-state index contributed by atoms with van der Waals surface area (Å²) in [5.41, 5.74) is 3.56. The Morgan fingerprint density at radius 2 is 1.87 bits per heavy atom. The molecule has 2 heterocycles. The molecule has 2 atom stereocenters. The van der Waals surface area contributed by atoms with Gasteiger partial charge < -0.3 is 9.47 Å². The molecule has 30 heavy (non-hydrogen) atoms. The van der Waals surface area contributed by atoms with Crippen molar-refractivity contribution in [1.29, 1.82) is 0 Å². The van der Waals surface area contributed by atoms with E-state index in [4.69, 9.17) is 14.6 Å². The summed E-state index contributed by atoms with van der Waals surface area (Å²) >= 11 is 3.55. The van der Waals surface area contributed by atoms with Crippen LogP contribution in [0.25, 0.3) is 0 Å². The number of carbonyl (C=O) groups is 1. The Kier molecular flexibility index (Phi) is 4.79. The molecule has 0 spiro atoms. The molecule has 150 valence electrons. The van der Waals surface area contributed by atoms with Crippen molar-refractivity contribution in [3.8, 4) is 11.5 Å². The fourth-order valence-corrected chi connectivity index (χ4v) is 4.31. The number of hydrogen-bond donors (Lipinski definition) is 0. The lowest BCUT2D eigenvalue weighted by atomic mass is 9.96. The van der Waals surface area contributed by atoms with Crippen molar-refractivity contribution in [2.24, 2.45) is 5.10 Å². The first-order valence-corrected chi connectivity index (χ1v) is 10.5. The van der Waals surface area contributed by atoms with Crippen LogP contribution in [-0.4, -0.2) is 29.8 Å². The van der Waals surface area contributed by atoms with Gasteiger partial charge in [-0.05, 0) is 48.0 Å². The number of benzene rings is 3. The lowest BCUT2D eigenvalue weighted by Crippen LogP contribution is -2.45. The molecular weight excluding hydrogens is 444 g/mol. The molecule has 5 nitrogen and oxygen atoms in total. The number of Topliss-reactive ketones (excluding diaryl/α,β-unsaturated/α-hetero) is 1. The quantitative estimate of drug-likeness (QED) is 0.499. The SMILES string of the molecule is COc1ccc(C2=NN3[C@H](C2)c2cc(Br)ccc2O[C@H]3C(=O)c2ccccc2)cc1. The molecule has 0 fully saturated rings. The molecular formula is C24H19BrN2O3. The van der Waals surface area contributed by atoms with Crippen LogP contribution in [0.2, 0.25) is 0 Å². The molecule has 0 saturated heterocycles. The molecule has 0 radical (unpaired) electrons. The van der Waals surface area contributed by atoms with E-state index >= 15 is 0 Å². The van der Waals surface area contributed by atoms with Crippen LogP contribution in [0.15, 0.2) is 82.4 Å². The van der Waals surface area contributed by atoms with Crippen LogP contribution < -0.4 is 9.47 Å². The van der Waals surface area contributed by atoms with Gasteiger partial charge in [0.15, 0.2) is 0 Å². The number of methoxy groups -OCH3 is 1. The third-order valence-corrected chi connectivity index (χ3v) is 5.95. The van der Waals surface area contributed by atoms with Gasteiger partial charge in [-0.3, -0.25) is 4.79 Å². The number of hydrogen-bond acceptors (Lipinski definition) is 5. The Bertz CT molecular complexity index is 1130. The third-order valence-electron chi connectivity index (χ3n) is 5.46. The van der Waals surface area contributed by atoms with E-state index in [-0.39, 0.29) is 11.8 Å². The predicted octanol–water partition coefficient (Wildman–Crippen LogP) is 5.21. The minimum Gasteiger partial charge on any atom is -0.497 e. The highest BCUT2D eigenvalue weighted by molar-refractivity contribution is 9.10. The van der Waals surface area contributed by atoms with Crippen LogP contribution in [-0.2, 0) is 0 Å². The topological polar surface area (TPSA) is 51.1 Å². The summed E-state index contributed by atoms with van der Waals surface area (Å²) in [6, 6.07) is 22.9. The predicted molar refractivity (Wildman–Crippen MR) is 118 cm³/mol. The molecule has 0 N–H and O–H groups in total. The fourth-order valence-electron chi connectivity index (χ4n) is 3.93. The first-order chi connectivity index (χ1) is 14.6. The van der Waals surface area contributed by atoms with Crippen LogP contribution in [0.3, 0.4) is 0 Å². The summed E-state index contributed by atoms with van der Waals surface area (Å²) in [4.78, 5) is 13.3. The second kappa shape index (κ2) is 7.61. The minimum absolute atomic E-state index is 0.0685. The monoisotopic (exact) mass is 462 g/mol. The number of hydrazone groups is 1. The van der Waals surface area contributed by atoms with E-state index in [1.807, 2.05) is 77.8 Å². The first-order valence-electron chi connectivity index (χ1n) is 9.69. The van der Waals surface area contributed by atoms with Crippen LogP contribution in [0, 0.1) is 0 Å². The minimum atomic E-state index is -0.804. The van der Waals surface area contributed by atoms with Crippen molar-refractivity contribution < 1.29 is 14.3 Å². The zero-order valence-corrected chi connectivity index (χ0v) is 17.9. The number of ketones is 1. The summed E-state index contributed by atoms with van der Waals surface area (Å²) in [5, 5.41) is 6.65. The Morgan fingerprint density at radius 3 is 2.60 bits per heavy atom. The summed E-state index contributed by atoms with van der Waals surface area (Å²) in [6.45, 7) is 0. The third kappa shape index (κ3) is 3.27. The van der Waals surface area contributed by atoms with Gasteiger partial charge >= 0.3 is 0 Å². The Hall–Kier alpha value is -3.12. The maximum absolute atomic E-state index is 13.3. The van der Waals surface area contributed by atoms with Crippen LogP contribution >= 0.6 is 15.9 Å². The van der Waals surface area contributed by atoms with E-state index in [2.05, 4.69) is 15.9 Å². The van der Waals surface area contributed by atoms with E-state index in [1.54, 1.807) is 7.11 Å². The first kappa shape index (κ1) is 18.9. The van der Waals surface area contributed by atoms with Gasteiger partial charge in [0.2, 0.25) is 5.78 Å². The second-order valence-corrected chi connectivity index (χ2v) is 8.17. The molecule has 3 aromatic rings. The van der Waals surface area contributed by atoms with Gasteiger partial charge in [-0.1, -0.05) is 46.3 Å². The van der Waals surface area contributed by atoms with E-state index < -0.39 is 6.23 Å². The van der Waals surface area contributed by atoms with Gasteiger partial charge in [-0.25, -0.2) is 5.01 Å². The molecule has 0 aromatic heterocycles. The smallest absolute Gasteiger partial charge is 0.251 e. The lowest BCUT2D eigenvalue weighted by Gasteiger charge is -2.37. The van der Waals surface area contributed by atoms with E-state index in [9.17, 15) is 4.79 Å². The maximum Gasteiger partial charge on any atom is 0.251 e. The molecule has 0 aliphatic carbocycles. The van der Waals surface area contributed by atoms with Gasteiger partial charge in [0.25, 0.3) is 6.23 Å². The van der Waals surface area contributed by atoms with E-state index in [0.717, 1.165) is 32.8 Å². The molecule has 5 rings (SSSR count). The highest BCUT2D eigenvalue weighted by atomic mass is 79.9. The number of nitrogens with zero attached hydrogens (tertiary/aromatic N) is 2. The summed E-state index contributed by atoms with van der Waals surface area (Å²) in [5.74, 6) is 1.42. The number of ether oxygens (including phenoxy) is 2. The number of carbonyl (C=O) groups excluding carboxylic acids is 1. The average molecular weight is 463 g/mol. The van der Waals surface area contributed by atoms with Crippen LogP contribution in [0.5, 0.6) is 11.5 Å².